The lowest BCUT2D eigenvalue weighted by atomic mass is 10.0. The quantitative estimate of drug-likeness (QED) is 0.524. The van der Waals surface area contributed by atoms with Crippen LogP contribution in [-0.4, -0.2) is 36.2 Å². The van der Waals surface area contributed by atoms with Crippen LogP contribution in [0.5, 0.6) is 0 Å². The summed E-state index contributed by atoms with van der Waals surface area (Å²) in [6.07, 6.45) is 8.70. The minimum atomic E-state index is -0.198. The fourth-order valence-electron chi connectivity index (χ4n) is 4.24. The monoisotopic (exact) mass is 416 g/mol. The van der Waals surface area contributed by atoms with Crippen molar-refractivity contribution in [2.45, 2.75) is 38.6 Å². The highest BCUT2D eigenvalue weighted by molar-refractivity contribution is 5.83. The van der Waals surface area contributed by atoms with Gasteiger partial charge in [-0.3, -0.25) is 18.3 Å². The second-order valence-corrected chi connectivity index (χ2v) is 7.78. The fraction of sp³-hybridized carbons (Fsp3) is 0.304. The predicted octanol–water partition coefficient (Wildman–Crippen LogP) is 2.62. The van der Waals surface area contributed by atoms with Crippen molar-refractivity contribution in [2.24, 2.45) is 0 Å². The zero-order chi connectivity index (χ0) is 21.2. The first-order chi connectivity index (χ1) is 15.2. The lowest BCUT2D eigenvalue weighted by Crippen LogP contribution is -2.34. The molecule has 0 aliphatic heterocycles. The van der Waals surface area contributed by atoms with Crippen LogP contribution in [0.25, 0.3) is 22.4 Å². The van der Waals surface area contributed by atoms with Crippen LogP contribution < -0.4 is 11.0 Å². The largest absolute Gasteiger partial charge is 0.354 e. The van der Waals surface area contributed by atoms with Crippen LogP contribution in [0.2, 0.25) is 0 Å². The molecular weight excluding hydrogens is 392 g/mol. The minimum absolute atomic E-state index is 0.0137. The topological polar surface area (TPSA) is 86.2 Å². The molecule has 0 fully saturated rings. The molecule has 0 saturated heterocycles. The molecule has 1 aromatic carbocycles. The normalized spacial score (nSPS) is 14.1. The summed E-state index contributed by atoms with van der Waals surface area (Å²) in [6.45, 7) is 0.410. The number of imidazole rings is 1. The molecule has 0 atom stereocenters. The standard InChI is InChI=1S/C23H24N6O2/c30-22(24-14-13-21-26-25-20-12-6-7-15-27(20)21)16-28-18-10-4-5-11-19(18)29(23(28)31)17-8-2-1-3-9-17/h4-8,10-12,15H,1-3,9,13-14,16H2,(H,24,30). The van der Waals surface area contributed by atoms with Crippen molar-refractivity contribution >= 4 is 28.3 Å². The van der Waals surface area contributed by atoms with Gasteiger partial charge in [-0.05, 0) is 49.9 Å². The maximum atomic E-state index is 13.2. The van der Waals surface area contributed by atoms with Crippen molar-refractivity contribution in [3.05, 3.63) is 71.0 Å². The smallest absolute Gasteiger partial charge is 0.333 e. The maximum Gasteiger partial charge on any atom is 0.333 e. The molecule has 0 saturated carbocycles. The summed E-state index contributed by atoms with van der Waals surface area (Å²) in [4.78, 5) is 25.9. The third kappa shape index (κ3) is 3.65. The molecule has 0 spiro atoms. The Morgan fingerprint density at radius 3 is 2.71 bits per heavy atom. The van der Waals surface area contributed by atoms with E-state index in [0.717, 1.165) is 53.9 Å². The van der Waals surface area contributed by atoms with Gasteiger partial charge in [-0.2, -0.15) is 0 Å². The molecule has 3 aromatic heterocycles. The van der Waals surface area contributed by atoms with Crippen molar-refractivity contribution in [3.63, 3.8) is 0 Å². The number of amides is 1. The van der Waals surface area contributed by atoms with Crippen LogP contribution in [0.4, 0.5) is 0 Å². The Morgan fingerprint density at radius 1 is 1.03 bits per heavy atom. The van der Waals surface area contributed by atoms with E-state index >= 15 is 0 Å². The van der Waals surface area contributed by atoms with Gasteiger partial charge in [-0.1, -0.05) is 24.3 Å². The van der Waals surface area contributed by atoms with Gasteiger partial charge in [0.2, 0.25) is 5.91 Å². The summed E-state index contributed by atoms with van der Waals surface area (Å²) >= 11 is 0. The van der Waals surface area contributed by atoms with E-state index in [4.69, 9.17) is 0 Å². The number of hydrogen-bond acceptors (Lipinski definition) is 4. The van der Waals surface area contributed by atoms with E-state index < -0.39 is 0 Å². The molecule has 5 rings (SSSR count). The highest BCUT2D eigenvalue weighted by atomic mass is 16.2. The second-order valence-electron chi connectivity index (χ2n) is 7.78. The van der Waals surface area contributed by atoms with E-state index in [1.54, 1.807) is 9.13 Å². The molecule has 8 nitrogen and oxygen atoms in total. The molecule has 3 heterocycles. The van der Waals surface area contributed by atoms with Gasteiger partial charge in [0.1, 0.15) is 12.4 Å². The van der Waals surface area contributed by atoms with E-state index in [2.05, 4.69) is 21.6 Å². The first-order valence-electron chi connectivity index (χ1n) is 10.7. The number of pyridine rings is 1. The van der Waals surface area contributed by atoms with Gasteiger partial charge in [0.05, 0.1) is 11.0 Å². The third-order valence-electron chi connectivity index (χ3n) is 5.75. The summed E-state index contributed by atoms with van der Waals surface area (Å²) in [5.74, 6) is 0.588. The van der Waals surface area contributed by atoms with Crippen molar-refractivity contribution in [2.75, 3.05) is 6.54 Å². The number of aromatic nitrogens is 5. The van der Waals surface area contributed by atoms with Gasteiger partial charge >= 0.3 is 5.69 Å². The number of para-hydroxylation sites is 2. The van der Waals surface area contributed by atoms with Gasteiger partial charge in [0, 0.05) is 24.9 Å². The molecule has 8 heteroatoms. The molecule has 0 radical (unpaired) electrons. The van der Waals surface area contributed by atoms with Gasteiger partial charge in [-0.15, -0.1) is 10.2 Å². The molecule has 1 aliphatic rings. The van der Waals surface area contributed by atoms with Gasteiger partial charge in [0.15, 0.2) is 5.65 Å². The Hall–Kier alpha value is -3.68. The summed E-state index contributed by atoms with van der Waals surface area (Å²) in [5, 5.41) is 11.2. The number of rotatable bonds is 6. The number of carbonyl (C=O) groups excluding carboxylic acids is 1. The lowest BCUT2D eigenvalue weighted by Gasteiger charge is -2.13. The van der Waals surface area contributed by atoms with Gasteiger partial charge in [0.25, 0.3) is 0 Å². The number of carbonyl (C=O) groups is 1. The molecule has 158 valence electrons. The number of nitrogens with zero attached hydrogens (tertiary/aromatic N) is 5. The van der Waals surface area contributed by atoms with Crippen molar-refractivity contribution in [1.29, 1.82) is 0 Å². The maximum absolute atomic E-state index is 13.2. The van der Waals surface area contributed by atoms with E-state index in [1.165, 1.54) is 0 Å². The van der Waals surface area contributed by atoms with E-state index in [0.29, 0.717) is 13.0 Å². The zero-order valence-corrected chi connectivity index (χ0v) is 17.2. The first-order valence-corrected chi connectivity index (χ1v) is 10.7. The lowest BCUT2D eigenvalue weighted by molar-refractivity contribution is -0.121. The van der Waals surface area contributed by atoms with Gasteiger partial charge < -0.3 is 5.32 Å². The Labute approximate surface area is 178 Å². The fourth-order valence-corrected chi connectivity index (χ4v) is 4.24. The average Bonchev–Trinajstić information content (AvgIpc) is 3.33. The molecular formula is C23H24N6O2. The Balaban J connectivity index is 1.33. The number of nitrogens with one attached hydrogen (secondary N) is 1. The summed E-state index contributed by atoms with van der Waals surface area (Å²) in [6, 6.07) is 13.4. The van der Waals surface area contributed by atoms with Crippen LogP contribution in [0.15, 0.2) is 59.5 Å². The summed E-state index contributed by atoms with van der Waals surface area (Å²) in [7, 11) is 0. The van der Waals surface area contributed by atoms with E-state index in [9.17, 15) is 9.59 Å². The molecule has 1 aliphatic carbocycles. The van der Waals surface area contributed by atoms with Crippen molar-refractivity contribution in [1.82, 2.24) is 29.0 Å². The predicted molar refractivity (Wildman–Crippen MR) is 119 cm³/mol. The molecule has 0 bridgehead atoms. The Morgan fingerprint density at radius 2 is 1.87 bits per heavy atom. The SMILES string of the molecule is O=C(Cn1c(=O)n(C2=CCCCC2)c2ccccc21)NCCc1nnc2ccccn12. The summed E-state index contributed by atoms with van der Waals surface area (Å²) < 4.78 is 5.23. The Bertz CT molecular complexity index is 1340. The number of fused-ring (bicyclic) bond motifs is 2. The molecule has 0 unspecified atom stereocenters. The van der Waals surface area contributed by atoms with Crippen LogP contribution in [0, 0.1) is 0 Å². The summed E-state index contributed by atoms with van der Waals surface area (Å²) in [5.41, 5.74) is 3.28. The van der Waals surface area contributed by atoms with Crippen molar-refractivity contribution < 1.29 is 4.79 Å². The highest BCUT2D eigenvalue weighted by Crippen LogP contribution is 2.24. The highest BCUT2D eigenvalue weighted by Gasteiger charge is 2.18. The number of hydrogen-bond donors (Lipinski definition) is 1. The number of allylic oxidation sites excluding steroid dienone is 2. The minimum Gasteiger partial charge on any atom is -0.354 e. The van der Waals surface area contributed by atoms with Crippen LogP contribution >= 0.6 is 0 Å². The van der Waals surface area contributed by atoms with Gasteiger partial charge in [-0.25, -0.2) is 4.79 Å². The van der Waals surface area contributed by atoms with Crippen LogP contribution in [-0.2, 0) is 17.8 Å². The van der Waals surface area contributed by atoms with E-state index in [-0.39, 0.29) is 18.1 Å². The zero-order valence-electron chi connectivity index (χ0n) is 17.2. The van der Waals surface area contributed by atoms with E-state index in [1.807, 2.05) is 53.1 Å². The molecule has 1 amide bonds. The third-order valence-corrected chi connectivity index (χ3v) is 5.75. The average molecular weight is 416 g/mol. The first kappa shape index (κ1) is 19.3. The Kier molecular flexibility index (Phi) is 5.11. The number of benzene rings is 1. The molecule has 31 heavy (non-hydrogen) atoms. The molecule has 1 N–H and O–H groups in total. The van der Waals surface area contributed by atoms with Crippen molar-refractivity contribution in [3.8, 4) is 0 Å². The van der Waals surface area contributed by atoms with Crippen LogP contribution in [0.3, 0.4) is 0 Å². The molecule has 4 aromatic rings. The second kappa shape index (κ2) is 8.22. The van der Waals surface area contributed by atoms with Crippen LogP contribution in [0.1, 0.15) is 31.5 Å².